The number of carbonyl (C=O) groups is 2. The van der Waals surface area contributed by atoms with E-state index in [0.717, 1.165) is 31.2 Å². The Morgan fingerprint density at radius 2 is 1.73 bits per heavy atom. The monoisotopic (exact) mass is 452 g/mol. The summed E-state index contributed by atoms with van der Waals surface area (Å²) in [6.07, 6.45) is 9.32. The number of anilines is 1. The van der Waals surface area contributed by atoms with Crippen molar-refractivity contribution in [1.29, 1.82) is 0 Å². The SMILES string of the molecule is Cl.Cl.NCC1(CC(=O)NCc2ccc(NC(=O)c3cccnc3)cc2)CCCCC1. The summed E-state index contributed by atoms with van der Waals surface area (Å²) in [5, 5.41) is 5.84. The Labute approximate surface area is 190 Å². The smallest absolute Gasteiger partial charge is 0.257 e. The molecular weight excluding hydrogens is 423 g/mol. The van der Waals surface area contributed by atoms with E-state index >= 15 is 0 Å². The third-order valence-electron chi connectivity index (χ3n) is 5.51. The molecule has 0 atom stereocenters. The first-order chi connectivity index (χ1) is 13.6. The van der Waals surface area contributed by atoms with Crippen LogP contribution in [0.1, 0.15) is 54.4 Å². The minimum absolute atomic E-state index is 0. The number of aromatic nitrogens is 1. The van der Waals surface area contributed by atoms with Crippen molar-refractivity contribution in [2.24, 2.45) is 11.1 Å². The van der Waals surface area contributed by atoms with Gasteiger partial charge in [-0.15, -0.1) is 24.8 Å². The molecule has 0 radical (unpaired) electrons. The number of pyridine rings is 1. The Kier molecular flexibility index (Phi) is 10.8. The average molecular weight is 453 g/mol. The average Bonchev–Trinajstić information content (AvgIpc) is 2.74. The van der Waals surface area contributed by atoms with Crippen molar-refractivity contribution >= 4 is 42.3 Å². The van der Waals surface area contributed by atoms with Crippen LogP contribution in [0, 0.1) is 5.41 Å². The maximum atomic E-state index is 12.4. The lowest BCUT2D eigenvalue weighted by atomic mass is 9.71. The molecule has 4 N–H and O–H groups in total. The topological polar surface area (TPSA) is 97.1 Å². The van der Waals surface area contributed by atoms with Crippen LogP contribution in [0.2, 0.25) is 0 Å². The quantitative estimate of drug-likeness (QED) is 0.588. The molecule has 0 saturated heterocycles. The van der Waals surface area contributed by atoms with Gasteiger partial charge in [0, 0.05) is 31.0 Å². The van der Waals surface area contributed by atoms with Gasteiger partial charge in [0.15, 0.2) is 0 Å². The van der Waals surface area contributed by atoms with Crippen molar-refractivity contribution < 1.29 is 9.59 Å². The van der Waals surface area contributed by atoms with Gasteiger partial charge in [-0.1, -0.05) is 31.4 Å². The Bertz CT molecular complexity index is 795. The maximum absolute atomic E-state index is 12.4. The zero-order valence-electron chi connectivity index (χ0n) is 16.9. The lowest BCUT2D eigenvalue weighted by molar-refractivity contribution is -0.124. The van der Waals surface area contributed by atoms with Gasteiger partial charge in [0.1, 0.15) is 0 Å². The van der Waals surface area contributed by atoms with Crippen LogP contribution in [0.25, 0.3) is 0 Å². The van der Waals surface area contributed by atoms with Crippen molar-refractivity contribution in [1.82, 2.24) is 10.3 Å². The highest BCUT2D eigenvalue weighted by atomic mass is 35.5. The number of nitrogens with two attached hydrogens (primary N) is 1. The molecule has 0 bridgehead atoms. The summed E-state index contributed by atoms with van der Waals surface area (Å²) in [5.41, 5.74) is 8.14. The van der Waals surface area contributed by atoms with Gasteiger partial charge in [-0.05, 0) is 54.6 Å². The van der Waals surface area contributed by atoms with Gasteiger partial charge in [0.25, 0.3) is 5.91 Å². The van der Waals surface area contributed by atoms with E-state index in [1.54, 1.807) is 18.3 Å². The number of rotatable bonds is 7. The minimum atomic E-state index is -0.200. The van der Waals surface area contributed by atoms with E-state index in [4.69, 9.17) is 5.73 Å². The summed E-state index contributed by atoms with van der Waals surface area (Å²) in [7, 11) is 0. The van der Waals surface area contributed by atoms with E-state index in [1.807, 2.05) is 24.3 Å². The van der Waals surface area contributed by atoms with Crippen molar-refractivity contribution in [3.05, 3.63) is 59.9 Å². The highest BCUT2D eigenvalue weighted by Crippen LogP contribution is 2.38. The molecule has 8 heteroatoms. The molecule has 2 aromatic rings. The molecule has 0 spiro atoms. The number of hydrogen-bond acceptors (Lipinski definition) is 4. The first-order valence-corrected chi connectivity index (χ1v) is 9.87. The summed E-state index contributed by atoms with van der Waals surface area (Å²) >= 11 is 0. The largest absolute Gasteiger partial charge is 0.352 e. The summed E-state index contributed by atoms with van der Waals surface area (Å²) in [4.78, 5) is 28.5. The van der Waals surface area contributed by atoms with Gasteiger partial charge in [-0.25, -0.2) is 0 Å². The molecule has 1 heterocycles. The molecule has 6 nitrogen and oxygen atoms in total. The van der Waals surface area contributed by atoms with Crippen molar-refractivity contribution in [3.63, 3.8) is 0 Å². The zero-order chi connectivity index (χ0) is 19.8. The number of amides is 2. The molecule has 1 aromatic heterocycles. The highest BCUT2D eigenvalue weighted by Gasteiger charge is 2.32. The maximum Gasteiger partial charge on any atom is 0.257 e. The van der Waals surface area contributed by atoms with Crippen LogP contribution in [0.4, 0.5) is 5.69 Å². The van der Waals surface area contributed by atoms with E-state index in [1.165, 1.54) is 12.6 Å². The van der Waals surface area contributed by atoms with Crippen LogP contribution in [-0.4, -0.2) is 23.3 Å². The van der Waals surface area contributed by atoms with E-state index in [0.29, 0.717) is 30.8 Å². The Hall–Kier alpha value is -2.15. The van der Waals surface area contributed by atoms with Crippen LogP contribution in [0.5, 0.6) is 0 Å². The van der Waals surface area contributed by atoms with Gasteiger partial charge in [-0.3, -0.25) is 14.6 Å². The minimum Gasteiger partial charge on any atom is -0.352 e. The van der Waals surface area contributed by atoms with Gasteiger partial charge < -0.3 is 16.4 Å². The molecule has 3 rings (SSSR count). The lowest BCUT2D eigenvalue weighted by Crippen LogP contribution is -2.38. The van der Waals surface area contributed by atoms with E-state index < -0.39 is 0 Å². The molecule has 1 fully saturated rings. The third-order valence-corrected chi connectivity index (χ3v) is 5.51. The van der Waals surface area contributed by atoms with Gasteiger partial charge in [0.05, 0.1) is 5.56 Å². The summed E-state index contributed by atoms with van der Waals surface area (Å²) in [6.45, 7) is 1.04. The second kappa shape index (κ2) is 12.5. The molecule has 0 aliphatic heterocycles. The molecule has 0 unspecified atom stereocenters. The number of benzene rings is 1. The predicted octanol–water partition coefficient (Wildman–Crippen LogP) is 4.09. The Morgan fingerprint density at radius 3 is 2.33 bits per heavy atom. The standard InChI is InChI=1S/C22H28N4O2.2ClH/c23-16-22(10-2-1-3-11-22)13-20(27)25-14-17-6-8-19(9-7-17)26-21(28)18-5-4-12-24-15-18;;/h4-9,12,15H,1-3,10-11,13-14,16,23H2,(H,25,27)(H,26,28);2*1H. The normalized spacial score (nSPS) is 14.6. The van der Waals surface area contributed by atoms with E-state index in [-0.39, 0.29) is 42.0 Å². The summed E-state index contributed by atoms with van der Waals surface area (Å²) in [6, 6.07) is 10.9. The fraction of sp³-hybridized carbons (Fsp3) is 0.409. The molecule has 1 aliphatic rings. The predicted molar refractivity (Wildman–Crippen MR) is 124 cm³/mol. The van der Waals surface area contributed by atoms with E-state index in [2.05, 4.69) is 15.6 Å². The van der Waals surface area contributed by atoms with Gasteiger partial charge >= 0.3 is 0 Å². The Morgan fingerprint density at radius 1 is 1.03 bits per heavy atom. The first kappa shape index (κ1) is 25.9. The summed E-state index contributed by atoms with van der Waals surface area (Å²) in [5.74, 6) is -0.143. The van der Waals surface area contributed by atoms with Crippen molar-refractivity contribution in [2.75, 3.05) is 11.9 Å². The van der Waals surface area contributed by atoms with Crippen LogP contribution < -0.4 is 16.4 Å². The number of hydrogen-bond donors (Lipinski definition) is 3. The second-order valence-corrected chi connectivity index (χ2v) is 7.61. The fourth-order valence-electron chi connectivity index (χ4n) is 3.76. The first-order valence-electron chi connectivity index (χ1n) is 9.87. The van der Waals surface area contributed by atoms with Crippen LogP contribution in [0.3, 0.4) is 0 Å². The second-order valence-electron chi connectivity index (χ2n) is 7.61. The van der Waals surface area contributed by atoms with E-state index in [9.17, 15) is 9.59 Å². The van der Waals surface area contributed by atoms with Crippen molar-refractivity contribution in [2.45, 2.75) is 45.1 Å². The number of carbonyl (C=O) groups excluding carboxylic acids is 2. The number of nitrogens with one attached hydrogen (secondary N) is 2. The van der Waals surface area contributed by atoms with Crippen LogP contribution in [0.15, 0.2) is 48.8 Å². The zero-order valence-corrected chi connectivity index (χ0v) is 18.6. The number of halogens is 2. The molecule has 1 saturated carbocycles. The Balaban J connectivity index is 0.00000225. The molecule has 2 amide bonds. The summed E-state index contributed by atoms with van der Waals surface area (Å²) < 4.78 is 0. The molecule has 164 valence electrons. The van der Waals surface area contributed by atoms with Gasteiger partial charge in [0.2, 0.25) is 5.91 Å². The molecule has 30 heavy (non-hydrogen) atoms. The van der Waals surface area contributed by atoms with Crippen molar-refractivity contribution in [3.8, 4) is 0 Å². The molecule has 1 aliphatic carbocycles. The van der Waals surface area contributed by atoms with Crippen LogP contribution in [-0.2, 0) is 11.3 Å². The third kappa shape index (κ3) is 7.27. The molecular formula is C22H30Cl2N4O2. The lowest BCUT2D eigenvalue weighted by Gasteiger charge is -2.35. The fourth-order valence-corrected chi connectivity index (χ4v) is 3.76. The highest BCUT2D eigenvalue weighted by molar-refractivity contribution is 6.04. The molecule has 1 aromatic carbocycles. The van der Waals surface area contributed by atoms with Crippen LogP contribution >= 0.6 is 24.8 Å². The number of nitrogens with zero attached hydrogens (tertiary/aromatic N) is 1. The van der Waals surface area contributed by atoms with Gasteiger partial charge in [-0.2, -0.15) is 0 Å².